The highest BCUT2D eigenvalue weighted by molar-refractivity contribution is 5.74. The van der Waals surface area contributed by atoms with E-state index in [1.165, 1.54) is 26.4 Å². The van der Waals surface area contributed by atoms with Gasteiger partial charge in [0, 0.05) is 0 Å². The minimum absolute atomic E-state index is 0.00450. The summed E-state index contributed by atoms with van der Waals surface area (Å²) in [4.78, 5) is 11.5. The van der Waals surface area contributed by atoms with E-state index in [4.69, 9.17) is 9.47 Å². The highest BCUT2D eigenvalue weighted by Gasteiger charge is 2.16. The molecule has 0 saturated carbocycles. The van der Waals surface area contributed by atoms with E-state index in [2.05, 4.69) is 0 Å². The van der Waals surface area contributed by atoms with Crippen LogP contribution in [-0.2, 0) is 11.2 Å². The highest BCUT2D eigenvalue weighted by atomic mass is 16.5. The Morgan fingerprint density at radius 3 is 2.24 bits per heavy atom. The number of aromatic hydroxyl groups is 2. The van der Waals surface area contributed by atoms with E-state index in [-0.39, 0.29) is 17.9 Å². The van der Waals surface area contributed by atoms with Crippen LogP contribution < -0.4 is 9.47 Å². The Morgan fingerprint density at radius 2 is 1.64 bits per heavy atom. The third kappa shape index (κ3) is 4.67. The molecule has 0 aliphatic carbocycles. The number of ether oxygens (including phenoxy) is 2. The number of hydrogen-bond donors (Lipinski definition) is 3. The van der Waals surface area contributed by atoms with Gasteiger partial charge in [-0.25, -0.2) is 0 Å². The zero-order valence-corrected chi connectivity index (χ0v) is 14.0. The van der Waals surface area contributed by atoms with Crippen molar-refractivity contribution >= 4 is 12.0 Å². The monoisotopic (exact) mass is 344 g/mol. The van der Waals surface area contributed by atoms with Gasteiger partial charge >= 0.3 is 5.97 Å². The molecule has 0 aromatic heterocycles. The van der Waals surface area contributed by atoms with Crippen molar-refractivity contribution in [3.8, 4) is 23.0 Å². The van der Waals surface area contributed by atoms with Crippen LogP contribution >= 0.6 is 0 Å². The lowest BCUT2D eigenvalue weighted by Crippen LogP contribution is -2.13. The largest absolute Gasteiger partial charge is 0.504 e. The van der Waals surface area contributed by atoms with Gasteiger partial charge in [0.05, 0.1) is 20.1 Å². The molecule has 6 heteroatoms. The predicted octanol–water partition coefficient (Wildman–Crippen LogP) is 3.07. The van der Waals surface area contributed by atoms with E-state index in [9.17, 15) is 20.1 Å². The molecule has 132 valence electrons. The van der Waals surface area contributed by atoms with Crippen LogP contribution in [0.2, 0.25) is 0 Å². The minimum Gasteiger partial charge on any atom is -0.504 e. The topological polar surface area (TPSA) is 96.2 Å². The Labute approximate surface area is 145 Å². The average Bonchev–Trinajstić information content (AvgIpc) is 2.60. The van der Waals surface area contributed by atoms with Gasteiger partial charge in [-0.2, -0.15) is 0 Å². The molecular formula is C19H20O6. The molecule has 3 N–H and O–H groups in total. The standard InChI is InChI=1S/C19H20O6/c1-24-17-10-12(4-7-15(17)20)3-6-14(19(22)23)9-13-5-8-16(21)18(11-13)25-2/h3-8,10-11,14,20-21H,9H2,1-2H3,(H,22,23)/b6-3+/t14-/m0/s1. The van der Waals surface area contributed by atoms with Gasteiger partial charge in [-0.1, -0.05) is 24.3 Å². The molecule has 0 aliphatic rings. The number of methoxy groups -OCH3 is 2. The summed E-state index contributed by atoms with van der Waals surface area (Å²) in [6, 6.07) is 9.51. The lowest BCUT2D eigenvalue weighted by Gasteiger charge is -2.10. The summed E-state index contributed by atoms with van der Waals surface area (Å²) < 4.78 is 10.1. The Bertz CT molecular complexity index is 781. The van der Waals surface area contributed by atoms with Crippen LogP contribution in [0, 0.1) is 5.92 Å². The van der Waals surface area contributed by atoms with Crippen LogP contribution in [0.5, 0.6) is 23.0 Å². The summed E-state index contributed by atoms with van der Waals surface area (Å²) in [6.45, 7) is 0. The van der Waals surface area contributed by atoms with Gasteiger partial charge in [0.1, 0.15) is 0 Å². The van der Waals surface area contributed by atoms with Crippen molar-refractivity contribution in [3.63, 3.8) is 0 Å². The minimum atomic E-state index is -0.964. The summed E-state index contributed by atoms with van der Waals surface area (Å²) in [5.74, 6) is -1.08. The third-order valence-corrected chi connectivity index (χ3v) is 3.74. The van der Waals surface area contributed by atoms with Gasteiger partial charge < -0.3 is 24.8 Å². The van der Waals surface area contributed by atoms with Gasteiger partial charge in [-0.05, 0) is 41.8 Å². The van der Waals surface area contributed by atoms with Gasteiger partial charge in [-0.15, -0.1) is 0 Å². The Kier molecular flexibility index (Phi) is 5.89. The molecule has 0 heterocycles. The average molecular weight is 344 g/mol. The van der Waals surface area contributed by atoms with Gasteiger partial charge in [-0.3, -0.25) is 4.79 Å². The normalized spacial score (nSPS) is 12.1. The molecule has 1 atom stereocenters. The fourth-order valence-corrected chi connectivity index (χ4v) is 2.37. The molecule has 6 nitrogen and oxygen atoms in total. The Hall–Kier alpha value is -3.15. The molecule has 2 rings (SSSR count). The summed E-state index contributed by atoms with van der Waals surface area (Å²) >= 11 is 0. The molecule has 0 aliphatic heterocycles. The quantitative estimate of drug-likeness (QED) is 0.714. The molecule has 0 spiro atoms. The van der Waals surface area contributed by atoms with Crippen LogP contribution in [-0.4, -0.2) is 35.5 Å². The third-order valence-electron chi connectivity index (χ3n) is 3.74. The van der Waals surface area contributed by atoms with E-state index in [1.54, 1.807) is 36.4 Å². The van der Waals surface area contributed by atoms with Crippen molar-refractivity contribution in [2.45, 2.75) is 6.42 Å². The lowest BCUT2D eigenvalue weighted by atomic mass is 9.97. The summed E-state index contributed by atoms with van der Waals surface area (Å²) in [6.07, 6.45) is 3.49. The molecule has 0 saturated heterocycles. The fourth-order valence-electron chi connectivity index (χ4n) is 2.37. The van der Waals surface area contributed by atoms with Crippen molar-refractivity contribution < 1.29 is 29.6 Å². The number of phenolic OH excluding ortho intramolecular Hbond substituents is 2. The molecule has 0 amide bonds. The van der Waals surface area contributed by atoms with E-state index < -0.39 is 11.9 Å². The van der Waals surface area contributed by atoms with Crippen LogP contribution in [0.3, 0.4) is 0 Å². The van der Waals surface area contributed by atoms with Crippen LogP contribution in [0.1, 0.15) is 11.1 Å². The van der Waals surface area contributed by atoms with Crippen LogP contribution in [0.15, 0.2) is 42.5 Å². The number of rotatable bonds is 7. The van der Waals surface area contributed by atoms with E-state index >= 15 is 0 Å². The molecule has 2 aromatic rings. The first-order chi connectivity index (χ1) is 11.9. The number of benzene rings is 2. The fraction of sp³-hybridized carbons (Fsp3) is 0.211. The highest BCUT2D eigenvalue weighted by Crippen LogP contribution is 2.29. The second-order valence-electron chi connectivity index (χ2n) is 5.45. The molecule has 2 aromatic carbocycles. The van der Waals surface area contributed by atoms with E-state index in [1.807, 2.05) is 0 Å². The number of phenols is 2. The maximum absolute atomic E-state index is 11.5. The molecule has 0 bridgehead atoms. The molecule has 0 radical (unpaired) electrons. The zero-order valence-electron chi connectivity index (χ0n) is 14.0. The van der Waals surface area contributed by atoms with Crippen molar-refractivity contribution in [1.29, 1.82) is 0 Å². The van der Waals surface area contributed by atoms with E-state index in [0.29, 0.717) is 17.1 Å². The Balaban J connectivity index is 2.20. The SMILES string of the molecule is COc1cc(/C=C/[C@@H](Cc2ccc(O)c(OC)c2)C(=O)O)ccc1O. The molecule has 0 fully saturated rings. The second kappa shape index (κ2) is 8.10. The van der Waals surface area contributed by atoms with Crippen molar-refractivity contribution in [3.05, 3.63) is 53.6 Å². The maximum atomic E-state index is 11.5. The van der Waals surface area contributed by atoms with E-state index in [0.717, 1.165) is 5.56 Å². The maximum Gasteiger partial charge on any atom is 0.310 e. The first-order valence-corrected chi connectivity index (χ1v) is 7.58. The number of carboxylic acid groups (broad SMARTS) is 1. The second-order valence-corrected chi connectivity index (χ2v) is 5.45. The number of carbonyl (C=O) groups is 1. The van der Waals surface area contributed by atoms with Crippen molar-refractivity contribution in [1.82, 2.24) is 0 Å². The number of carboxylic acids is 1. The van der Waals surface area contributed by atoms with Gasteiger partial charge in [0.15, 0.2) is 23.0 Å². The van der Waals surface area contributed by atoms with Crippen molar-refractivity contribution in [2.75, 3.05) is 14.2 Å². The molecule has 25 heavy (non-hydrogen) atoms. The predicted molar refractivity (Wildman–Crippen MR) is 93.2 cm³/mol. The zero-order chi connectivity index (χ0) is 18.4. The first-order valence-electron chi connectivity index (χ1n) is 7.58. The lowest BCUT2D eigenvalue weighted by molar-refractivity contribution is -0.140. The van der Waals surface area contributed by atoms with Crippen molar-refractivity contribution in [2.24, 2.45) is 5.92 Å². The summed E-state index contributed by atoms with van der Waals surface area (Å²) in [5.41, 5.74) is 1.44. The smallest absolute Gasteiger partial charge is 0.310 e. The first kappa shape index (κ1) is 18.2. The molecular weight excluding hydrogens is 324 g/mol. The summed E-state index contributed by atoms with van der Waals surface area (Å²) in [5, 5.41) is 28.6. The Morgan fingerprint density at radius 1 is 1.04 bits per heavy atom. The van der Waals surface area contributed by atoms with Gasteiger partial charge in [0.2, 0.25) is 0 Å². The van der Waals surface area contributed by atoms with Gasteiger partial charge in [0.25, 0.3) is 0 Å². The van der Waals surface area contributed by atoms with Crippen LogP contribution in [0.25, 0.3) is 6.08 Å². The number of aliphatic carboxylic acids is 1. The molecule has 0 unspecified atom stereocenters. The van der Waals surface area contributed by atoms with Crippen LogP contribution in [0.4, 0.5) is 0 Å². The summed E-state index contributed by atoms with van der Waals surface area (Å²) in [7, 11) is 2.88. The number of hydrogen-bond acceptors (Lipinski definition) is 5.